The summed E-state index contributed by atoms with van der Waals surface area (Å²) in [5.74, 6) is 0.696. The molecule has 232 valence electrons. The Morgan fingerprint density at radius 1 is 0.822 bits per heavy atom. The van der Waals surface area contributed by atoms with E-state index in [1.54, 1.807) is 4.90 Å². The number of nitrogens with zero attached hydrogens (tertiary/aromatic N) is 1. The molecule has 1 saturated heterocycles. The summed E-state index contributed by atoms with van der Waals surface area (Å²) in [7, 11) is 0. The Labute approximate surface area is 264 Å². The van der Waals surface area contributed by atoms with Crippen molar-refractivity contribution in [2.45, 2.75) is 57.2 Å². The van der Waals surface area contributed by atoms with Gasteiger partial charge in [-0.05, 0) is 77.4 Å². The van der Waals surface area contributed by atoms with E-state index in [2.05, 4.69) is 46.3 Å². The van der Waals surface area contributed by atoms with Crippen LogP contribution >= 0.6 is 0 Å². The molecule has 1 fully saturated rings. The van der Waals surface area contributed by atoms with Gasteiger partial charge in [0.2, 0.25) is 17.7 Å². The first-order valence-corrected chi connectivity index (χ1v) is 15.9. The standard InChI is InChI=1S/C37H40N4O4/c42-35-18-15-26-7-5-11-32(22-26)45-31-16-13-27(14-17-31)21-30(25-38-24-29-10-6-9-28-8-1-2-12-33(28)29)39-37(44)34(40-35)23-36(43)41-19-3-4-20-41/h1-2,5-14,16-17,22,30,34,38H,3-4,15,18-21,23-25H2,(H,39,44)(H,40,42)/t30-,34-/m0/s1. The van der Waals surface area contributed by atoms with Gasteiger partial charge in [0.15, 0.2) is 0 Å². The lowest BCUT2D eigenvalue weighted by Crippen LogP contribution is -2.53. The zero-order valence-electron chi connectivity index (χ0n) is 25.5. The van der Waals surface area contributed by atoms with Gasteiger partial charge in [0, 0.05) is 38.6 Å². The van der Waals surface area contributed by atoms with E-state index in [-0.39, 0.29) is 36.6 Å². The van der Waals surface area contributed by atoms with Gasteiger partial charge in [0.1, 0.15) is 17.5 Å². The molecular formula is C37H40N4O4. The molecule has 3 N–H and O–H groups in total. The Hall–Kier alpha value is -4.69. The van der Waals surface area contributed by atoms with Crippen molar-refractivity contribution in [1.82, 2.24) is 20.9 Å². The second kappa shape index (κ2) is 14.4. The first-order valence-electron chi connectivity index (χ1n) is 15.9. The molecule has 8 nitrogen and oxygen atoms in total. The molecule has 0 spiro atoms. The Kier molecular flexibility index (Phi) is 9.71. The van der Waals surface area contributed by atoms with Crippen molar-refractivity contribution in [1.29, 1.82) is 0 Å². The van der Waals surface area contributed by atoms with Crippen molar-refractivity contribution < 1.29 is 19.1 Å². The molecule has 0 radical (unpaired) electrons. The van der Waals surface area contributed by atoms with Crippen molar-refractivity contribution in [3.63, 3.8) is 0 Å². The van der Waals surface area contributed by atoms with Crippen LogP contribution in [0.4, 0.5) is 0 Å². The van der Waals surface area contributed by atoms with Gasteiger partial charge in [-0.1, -0.05) is 66.7 Å². The van der Waals surface area contributed by atoms with Gasteiger partial charge in [-0.2, -0.15) is 0 Å². The van der Waals surface area contributed by atoms with Crippen LogP contribution < -0.4 is 20.7 Å². The number of hydrogen-bond donors (Lipinski definition) is 3. The smallest absolute Gasteiger partial charge is 0.243 e. The molecule has 3 amide bonds. The van der Waals surface area contributed by atoms with E-state index in [1.165, 1.54) is 16.3 Å². The maximum absolute atomic E-state index is 13.8. The average molecular weight is 605 g/mol. The lowest BCUT2D eigenvalue weighted by Gasteiger charge is -2.25. The molecule has 8 heteroatoms. The summed E-state index contributed by atoms with van der Waals surface area (Å²) in [6, 6.07) is 28.9. The SMILES string of the molecule is O=C1CCc2cccc(c2)Oc2ccc(cc2)C[C@@H](CNCc2cccc3ccccc23)NC(=O)[C@H](CC(=O)N2CCCC2)N1. The number of aryl methyl sites for hydroxylation is 1. The van der Waals surface area contributed by atoms with Crippen molar-refractivity contribution >= 4 is 28.5 Å². The van der Waals surface area contributed by atoms with Crippen molar-refractivity contribution in [2.75, 3.05) is 19.6 Å². The van der Waals surface area contributed by atoms with E-state index in [0.717, 1.165) is 24.0 Å². The van der Waals surface area contributed by atoms with Gasteiger partial charge in [-0.3, -0.25) is 14.4 Å². The topological polar surface area (TPSA) is 99.8 Å². The number of amides is 3. The maximum atomic E-state index is 13.8. The van der Waals surface area contributed by atoms with Gasteiger partial charge in [0.05, 0.1) is 6.42 Å². The van der Waals surface area contributed by atoms with E-state index in [9.17, 15) is 14.4 Å². The van der Waals surface area contributed by atoms with Gasteiger partial charge < -0.3 is 25.6 Å². The number of hydrogen-bond acceptors (Lipinski definition) is 5. The summed E-state index contributed by atoms with van der Waals surface area (Å²) in [5, 5.41) is 12.0. The third-order valence-electron chi connectivity index (χ3n) is 8.60. The lowest BCUT2D eigenvalue weighted by molar-refractivity contribution is -0.135. The molecule has 3 heterocycles. The summed E-state index contributed by atoms with van der Waals surface area (Å²) >= 11 is 0. The van der Waals surface area contributed by atoms with E-state index in [1.807, 2.05) is 60.7 Å². The van der Waals surface area contributed by atoms with Crippen LogP contribution in [0.15, 0.2) is 91.0 Å². The summed E-state index contributed by atoms with van der Waals surface area (Å²) < 4.78 is 6.10. The quantitative estimate of drug-likeness (QED) is 0.291. The highest BCUT2D eigenvalue weighted by Crippen LogP contribution is 2.24. The summed E-state index contributed by atoms with van der Waals surface area (Å²) in [4.78, 5) is 41.9. The second-order valence-electron chi connectivity index (χ2n) is 12.0. The highest BCUT2D eigenvalue weighted by atomic mass is 16.5. The van der Waals surface area contributed by atoms with Crippen LogP contribution in [-0.4, -0.2) is 54.3 Å². The fourth-order valence-corrected chi connectivity index (χ4v) is 6.19. The molecule has 0 unspecified atom stereocenters. The molecule has 7 rings (SSSR count). The molecular weight excluding hydrogens is 564 g/mol. The number of nitrogens with one attached hydrogen (secondary N) is 3. The van der Waals surface area contributed by atoms with Gasteiger partial charge in [-0.15, -0.1) is 0 Å². The summed E-state index contributed by atoms with van der Waals surface area (Å²) in [6.45, 7) is 2.51. The Morgan fingerprint density at radius 2 is 1.60 bits per heavy atom. The molecule has 3 aliphatic rings. The molecule has 45 heavy (non-hydrogen) atoms. The van der Waals surface area contributed by atoms with Crippen LogP contribution in [0.5, 0.6) is 11.5 Å². The fraction of sp³-hybridized carbons (Fsp3) is 0.324. The minimum absolute atomic E-state index is 0.0637. The van der Waals surface area contributed by atoms with Crippen LogP contribution in [0.1, 0.15) is 42.4 Å². The fourth-order valence-electron chi connectivity index (χ4n) is 6.19. The third-order valence-corrected chi connectivity index (χ3v) is 8.60. The molecule has 0 aromatic heterocycles. The van der Waals surface area contributed by atoms with Gasteiger partial charge >= 0.3 is 0 Å². The maximum Gasteiger partial charge on any atom is 0.243 e. The van der Waals surface area contributed by atoms with Crippen molar-refractivity contribution in [2.24, 2.45) is 0 Å². The van der Waals surface area contributed by atoms with Crippen LogP contribution in [0.3, 0.4) is 0 Å². The van der Waals surface area contributed by atoms with Crippen LogP contribution in [0.25, 0.3) is 10.8 Å². The number of fused-ring (bicyclic) bond motifs is 11. The molecule has 3 aliphatic heterocycles. The predicted molar refractivity (Wildman–Crippen MR) is 175 cm³/mol. The zero-order chi connectivity index (χ0) is 31.0. The number of benzene rings is 4. The number of carbonyl (C=O) groups excluding carboxylic acids is 3. The number of rotatable bonds is 6. The molecule has 2 atom stereocenters. The largest absolute Gasteiger partial charge is 0.457 e. The van der Waals surface area contributed by atoms with Crippen LogP contribution in [0, 0.1) is 0 Å². The third kappa shape index (κ3) is 8.08. The van der Waals surface area contributed by atoms with Gasteiger partial charge in [-0.25, -0.2) is 0 Å². The molecule has 4 aromatic carbocycles. The van der Waals surface area contributed by atoms with Crippen molar-refractivity contribution in [3.05, 3.63) is 108 Å². The first kappa shape index (κ1) is 30.3. The highest BCUT2D eigenvalue weighted by molar-refractivity contribution is 5.92. The number of likely N-dealkylation sites (tertiary alicyclic amines) is 1. The minimum Gasteiger partial charge on any atom is -0.457 e. The summed E-state index contributed by atoms with van der Waals surface area (Å²) in [6.07, 6.45) is 3.09. The molecule has 4 aromatic rings. The second-order valence-corrected chi connectivity index (χ2v) is 12.0. The Morgan fingerprint density at radius 3 is 2.44 bits per heavy atom. The van der Waals surface area contributed by atoms with E-state index in [0.29, 0.717) is 50.5 Å². The van der Waals surface area contributed by atoms with E-state index in [4.69, 9.17) is 4.74 Å². The number of carbonyl (C=O) groups is 3. The van der Waals surface area contributed by atoms with Gasteiger partial charge in [0.25, 0.3) is 0 Å². The Balaban J connectivity index is 1.23. The van der Waals surface area contributed by atoms with E-state index >= 15 is 0 Å². The molecule has 4 bridgehead atoms. The van der Waals surface area contributed by atoms with Crippen LogP contribution in [0.2, 0.25) is 0 Å². The monoisotopic (exact) mass is 604 g/mol. The van der Waals surface area contributed by atoms with Crippen LogP contribution in [-0.2, 0) is 33.8 Å². The first-order chi connectivity index (χ1) is 22.0. The summed E-state index contributed by atoms with van der Waals surface area (Å²) in [5.41, 5.74) is 3.16. The number of ether oxygens (including phenoxy) is 1. The normalized spacial score (nSPS) is 19.1. The Bertz CT molecular complexity index is 1640. The lowest BCUT2D eigenvalue weighted by atomic mass is 10.0. The minimum atomic E-state index is -0.959. The predicted octanol–water partition coefficient (Wildman–Crippen LogP) is 4.89. The van der Waals surface area contributed by atoms with Crippen molar-refractivity contribution in [3.8, 4) is 11.5 Å². The highest BCUT2D eigenvalue weighted by Gasteiger charge is 2.29. The molecule has 0 saturated carbocycles. The van der Waals surface area contributed by atoms with E-state index < -0.39 is 6.04 Å². The average Bonchev–Trinajstić information content (AvgIpc) is 3.60. The molecule has 0 aliphatic carbocycles. The zero-order valence-corrected chi connectivity index (χ0v) is 25.5.